The Balaban J connectivity index is 2.34. The first kappa shape index (κ1) is 16.2. The monoisotopic (exact) mass is 262 g/mol. The average Bonchev–Trinajstić information content (AvgIpc) is 2.38. The van der Waals surface area contributed by atoms with E-state index in [2.05, 4.69) is 69.1 Å². The van der Waals surface area contributed by atoms with Crippen molar-refractivity contribution in [1.82, 2.24) is 10.2 Å². The molecular formula is C17H30N2. The zero-order valence-electron chi connectivity index (χ0n) is 13.3. The highest BCUT2D eigenvalue weighted by atomic mass is 15.1. The van der Waals surface area contributed by atoms with E-state index in [0.29, 0.717) is 0 Å². The van der Waals surface area contributed by atoms with Crippen molar-refractivity contribution < 1.29 is 0 Å². The van der Waals surface area contributed by atoms with Crippen molar-refractivity contribution in [2.24, 2.45) is 0 Å². The number of likely N-dealkylation sites (N-methyl/N-ethyl adjacent to an activating group) is 1. The van der Waals surface area contributed by atoms with Crippen LogP contribution in [0.1, 0.15) is 45.7 Å². The van der Waals surface area contributed by atoms with Gasteiger partial charge >= 0.3 is 0 Å². The van der Waals surface area contributed by atoms with Crippen LogP contribution in [0.5, 0.6) is 0 Å². The molecule has 0 fully saturated rings. The fraction of sp³-hybridized carbons (Fsp3) is 0.647. The molecule has 0 aliphatic carbocycles. The third kappa shape index (κ3) is 5.75. The lowest BCUT2D eigenvalue weighted by atomic mass is 9.87. The standard InChI is InChI=1S/C17H30N2/c1-6-19(7-2)13-12-18-14-15-8-10-16(11-9-15)17(3,4)5/h8-11,18H,6-7,12-14H2,1-5H3. The molecule has 0 aromatic heterocycles. The van der Waals surface area contributed by atoms with Gasteiger partial charge in [0, 0.05) is 19.6 Å². The number of nitrogens with zero attached hydrogens (tertiary/aromatic N) is 1. The van der Waals surface area contributed by atoms with Crippen LogP contribution in [0.3, 0.4) is 0 Å². The third-order valence-corrected chi connectivity index (χ3v) is 3.65. The minimum absolute atomic E-state index is 0.245. The molecule has 108 valence electrons. The molecule has 0 unspecified atom stereocenters. The van der Waals surface area contributed by atoms with Crippen molar-refractivity contribution >= 4 is 0 Å². The van der Waals surface area contributed by atoms with Crippen LogP contribution in [-0.4, -0.2) is 31.1 Å². The van der Waals surface area contributed by atoms with E-state index in [1.54, 1.807) is 0 Å². The van der Waals surface area contributed by atoms with E-state index in [9.17, 15) is 0 Å². The first-order valence-corrected chi connectivity index (χ1v) is 7.49. The summed E-state index contributed by atoms with van der Waals surface area (Å²) in [5.41, 5.74) is 3.02. The van der Waals surface area contributed by atoms with Gasteiger partial charge in [-0.25, -0.2) is 0 Å². The lowest BCUT2D eigenvalue weighted by molar-refractivity contribution is 0.302. The maximum atomic E-state index is 3.52. The van der Waals surface area contributed by atoms with E-state index in [-0.39, 0.29) is 5.41 Å². The zero-order chi connectivity index (χ0) is 14.3. The summed E-state index contributed by atoms with van der Waals surface area (Å²) in [6, 6.07) is 8.98. The summed E-state index contributed by atoms with van der Waals surface area (Å²) in [4.78, 5) is 2.44. The van der Waals surface area contributed by atoms with E-state index < -0.39 is 0 Å². The predicted molar refractivity (Wildman–Crippen MR) is 84.6 cm³/mol. The molecule has 1 N–H and O–H groups in total. The van der Waals surface area contributed by atoms with E-state index >= 15 is 0 Å². The van der Waals surface area contributed by atoms with Crippen LogP contribution in [0, 0.1) is 0 Å². The second-order valence-corrected chi connectivity index (χ2v) is 6.15. The highest BCUT2D eigenvalue weighted by Gasteiger charge is 2.12. The fourth-order valence-corrected chi connectivity index (χ4v) is 2.13. The Morgan fingerprint density at radius 3 is 2.05 bits per heavy atom. The molecular weight excluding hydrogens is 232 g/mol. The van der Waals surface area contributed by atoms with Gasteiger partial charge in [0.05, 0.1) is 0 Å². The van der Waals surface area contributed by atoms with Crippen molar-refractivity contribution in [2.45, 2.75) is 46.6 Å². The van der Waals surface area contributed by atoms with E-state index in [0.717, 1.165) is 32.7 Å². The molecule has 0 amide bonds. The molecule has 1 aromatic rings. The van der Waals surface area contributed by atoms with Gasteiger partial charge in [-0.1, -0.05) is 58.9 Å². The first-order chi connectivity index (χ1) is 8.97. The van der Waals surface area contributed by atoms with Gasteiger partial charge in [0.15, 0.2) is 0 Å². The number of nitrogens with one attached hydrogen (secondary N) is 1. The van der Waals surface area contributed by atoms with Gasteiger partial charge in [-0.3, -0.25) is 0 Å². The highest BCUT2D eigenvalue weighted by molar-refractivity contribution is 5.27. The van der Waals surface area contributed by atoms with E-state index in [4.69, 9.17) is 0 Å². The van der Waals surface area contributed by atoms with Crippen molar-refractivity contribution in [2.75, 3.05) is 26.2 Å². The van der Waals surface area contributed by atoms with E-state index in [1.165, 1.54) is 11.1 Å². The summed E-state index contributed by atoms with van der Waals surface area (Å²) < 4.78 is 0. The molecule has 0 aliphatic rings. The quantitative estimate of drug-likeness (QED) is 0.758. The predicted octanol–water partition coefficient (Wildman–Crippen LogP) is 3.42. The molecule has 0 radical (unpaired) electrons. The topological polar surface area (TPSA) is 15.3 Å². The molecule has 0 heterocycles. The van der Waals surface area contributed by atoms with Gasteiger partial charge in [-0.15, -0.1) is 0 Å². The normalized spacial score (nSPS) is 12.1. The summed E-state index contributed by atoms with van der Waals surface area (Å²) in [6.07, 6.45) is 0. The Morgan fingerprint density at radius 1 is 1.00 bits per heavy atom. The maximum Gasteiger partial charge on any atom is 0.0206 e. The van der Waals surface area contributed by atoms with Crippen LogP contribution < -0.4 is 5.32 Å². The Kier molecular flexibility index (Phi) is 6.53. The molecule has 19 heavy (non-hydrogen) atoms. The van der Waals surface area contributed by atoms with Crippen molar-refractivity contribution in [3.05, 3.63) is 35.4 Å². The SMILES string of the molecule is CCN(CC)CCNCc1ccc(C(C)(C)C)cc1. The highest BCUT2D eigenvalue weighted by Crippen LogP contribution is 2.22. The fourth-order valence-electron chi connectivity index (χ4n) is 2.13. The molecule has 0 saturated carbocycles. The average molecular weight is 262 g/mol. The molecule has 2 nitrogen and oxygen atoms in total. The lowest BCUT2D eigenvalue weighted by Crippen LogP contribution is -2.31. The zero-order valence-corrected chi connectivity index (χ0v) is 13.3. The van der Waals surface area contributed by atoms with Crippen molar-refractivity contribution in [1.29, 1.82) is 0 Å². The van der Waals surface area contributed by atoms with Gasteiger partial charge in [0.1, 0.15) is 0 Å². The number of hydrogen-bond acceptors (Lipinski definition) is 2. The van der Waals surface area contributed by atoms with Gasteiger partial charge < -0.3 is 10.2 Å². The van der Waals surface area contributed by atoms with Crippen LogP contribution in [0.2, 0.25) is 0 Å². The Morgan fingerprint density at radius 2 is 1.58 bits per heavy atom. The third-order valence-electron chi connectivity index (χ3n) is 3.65. The second-order valence-electron chi connectivity index (χ2n) is 6.15. The van der Waals surface area contributed by atoms with Gasteiger partial charge in [-0.05, 0) is 29.6 Å². The van der Waals surface area contributed by atoms with Crippen LogP contribution in [0.15, 0.2) is 24.3 Å². The number of hydrogen-bond donors (Lipinski definition) is 1. The minimum atomic E-state index is 0.245. The van der Waals surface area contributed by atoms with Gasteiger partial charge in [-0.2, -0.15) is 0 Å². The molecule has 0 atom stereocenters. The smallest absolute Gasteiger partial charge is 0.0206 e. The lowest BCUT2D eigenvalue weighted by Gasteiger charge is -2.20. The Bertz CT molecular complexity index is 345. The number of rotatable bonds is 7. The molecule has 1 aromatic carbocycles. The maximum absolute atomic E-state index is 3.52. The van der Waals surface area contributed by atoms with Crippen LogP contribution in [0.25, 0.3) is 0 Å². The molecule has 0 saturated heterocycles. The van der Waals surface area contributed by atoms with Crippen LogP contribution in [0.4, 0.5) is 0 Å². The molecule has 1 rings (SSSR count). The molecule has 0 bridgehead atoms. The Hall–Kier alpha value is -0.860. The first-order valence-electron chi connectivity index (χ1n) is 7.49. The van der Waals surface area contributed by atoms with Crippen LogP contribution in [-0.2, 0) is 12.0 Å². The van der Waals surface area contributed by atoms with E-state index in [1.807, 2.05) is 0 Å². The largest absolute Gasteiger partial charge is 0.311 e. The van der Waals surface area contributed by atoms with Gasteiger partial charge in [0.25, 0.3) is 0 Å². The van der Waals surface area contributed by atoms with Gasteiger partial charge in [0.2, 0.25) is 0 Å². The second kappa shape index (κ2) is 7.66. The summed E-state index contributed by atoms with van der Waals surface area (Å²) >= 11 is 0. The molecule has 2 heteroatoms. The van der Waals surface area contributed by atoms with Crippen molar-refractivity contribution in [3.8, 4) is 0 Å². The van der Waals surface area contributed by atoms with Crippen LogP contribution >= 0.6 is 0 Å². The van der Waals surface area contributed by atoms with Crippen molar-refractivity contribution in [3.63, 3.8) is 0 Å². The minimum Gasteiger partial charge on any atom is -0.311 e. The summed E-state index contributed by atoms with van der Waals surface area (Å²) in [6.45, 7) is 16.6. The summed E-state index contributed by atoms with van der Waals surface area (Å²) in [7, 11) is 0. The number of benzene rings is 1. The molecule has 0 aliphatic heterocycles. The summed E-state index contributed by atoms with van der Waals surface area (Å²) in [5, 5.41) is 3.52. The Labute approximate surface area is 119 Å². The summed E-state index contributed by atoms with van der Waals surface area (Å²) in [5.74, 6) is 0. The molecule has 0 spiro atoms.